The predicted octanol–water partition coefficient (Wildman–Crippen LogP) is 4.01. The van der Waals surface area contributed by atoms with E-state index in [0.717, 1.165) is 48.4 Å². The average Bonchev–Trinajstić information content (AvgIpc) is 2.91. The van der Waals surface area contributed by atoms with Gasteiger partial charge in [-0.2, -0.15) is 0 Å². The molecule has 3 nitrogen and oxygen atoms in total. The third-order valence-electron chi connectivity index (χ3n) is 4.04. The Labute approximate surface area is 151 Å². The van der Waals surface area contributed by atoms with Crippen LogP contribution in [0, 0.1) is 6.92 Å². The Bertz CT molecular complexity index is 990. The third-order valence-corrected chi connectivity index (χ3v) is 6.28. The van der Waals surface area contributed by atoms with Crippen molar-refractivity contribution in [2.45, 2.75) is 6.92 Å². The van der Waals surface area contributed by atoms with Crippen LogP contribution in [0.4, 0.5) is 0 Å². The van der Waals surface area contributed by atoms with E-state index in [2.05, 4.69) is 44.6 Å². The molecular formula is C19H14N3Pb. The van der Waals surface area contributed by atoms with Crippen LogP contribution in [-0.4, -0.2) is 38.4 Å². The van der Waals surface area contributed by atoms with Gasteiger partial charge in [0.1, 0.15) is 0 Å². The maximum atomic E-state index is 4.79. The van der Waals surface area contributed by atoms with Crippen LogP contribution in [0.25, 0.3) is 33.5 Å². The van der Waals surface area contributed by atoms with Crippen LogP contribution in [0.15, 0.2) is 66.9 Å². The minimum atomic E-state index is 0.933. The molecule has 0 spiro atoms. The summed E-state index contributed by atoms with van der Waals surface area (Å²) >= 11 is 0.937. The zero-order valence-corrected chi connectivity index (χ0v) is 16.6. The molecule has 0 saturated carbocycles. The van der Waals surface area contributed by atoms with E-state index in [4.69, 9.17) is 4.98 Å². The molecule has 4 rings (SSSR count). The topological polar surface area (TPSA) is 30.7 Å². The Morgan fingerprint density at radius 2 is 1.61 bits per heavy atom. The van der Waals surface area contributed by atoms with Crippen LogP contribution in [-0.2, 0) is 0 Å². The molecule has 3 radical (unpaired) electrons. The van der Waals surface area contributed by atoms with E-state index in [1.165, 1.54) is 17.0 Å². The summed E-state index contributed by atoms with van der Waals surface area (Å²) < 4.78 is 2.35. The monoisotopic (exact) mass is 492 g/mol. The molecule has 0 atom stereocenters. The summed E-state index contributed by atoms with van der Waals surface area (Å²) in [4.78, 5) is 9.34. The van der Waals surface area contributed by atoms with E-state index in [0.29, 0.717) is 0 Å². The van der Waals surface area contributed by atoms with E-state index in [9.17, 15) is 0 Å². The van der Waals surface area contributed by atoms with Gasteiger partial charge >= 0.3 is 151 Å². The normalized spacial score (nSPS) is 11.0. The van der Waals surface area contributed by atoms with Crippen molar-refractivity contribution in [3.63, 3.8) is 0 Å². The van der Waals surface area contributed by atoms with Crippen LogP contribution < -0.4 is 0 Å². The Hall–Kier alpha value is -2.02. The van der Waals surface area contributed by atoms with Gasteiger partial charge in [0.25, 0.3) is 0 Å². The summed E-state index contributed by atoms with van der Waals surface area (Å²) in [7, 11) is 0. The molecule has 0 unspecified atom stereocenters. The standard InChI is InChI=1S/C19H14N3.Pb/c1-13-15(11-18(21-13)14-7-3-2-4-8-14)19-12-20-16-9-5-6-10-17(16)22-19;/h2-12H,1H3;/q-1;+1. The van der Waals surface area contributed by atoms with Crippen LogP contribution in [0.1, 0.15) is 5.69 Å². The Morgan fingerprint density at radius 3 is 2.39 bits per heavy atom. The predicted molar refractivity (Wildman–Crippen MR) is 94.3 cm³/mol. The van der Waals surface area contributed by atoms with Gasteiger partial charge in [0, 0.05) is 0 Å². The molecule has 0 N–H and O–H groups in total. The van der Waals surface area contributed by atoms with Crippen molar-refractivity contribution in [3.05, 3.63) is 72.6 Å². The summed E-state index contributed by atoms with van der Waals surface area (Å²) in [6.45, 7) is 2.16. The molecule has 2 aromatic carbocycles. The van der Waals surface area contributed by atoms with E-state index in [1.807, 2.05) is 36.5 Å². The molecule has 0 fully saturated rings. The first-order valence-corrected chi connectivity index (χ1v) is 9.19. The van der Waals surface area contributed by atoms with Gasteiger partial charge in [0.2, 0.25) is 0 Å². The zero-order chi connectivity index (χ0) is 15.8. The van der Waals surface area contributed by atoms with Crippen LogP contribution in [0.2, 0.25) is 0 Å². The number of para-hydroxylation sites is 2. The molecule has 0 aliphatic heterocycles. The van der Waals surface area contributed by atoms with Crippen molar-refractivity contribution in [3.8, 4) is 22.5 Å². The zero-order valence-electron chi connectivity index (χ0n) is 12.7. The molecule has 2 heterocycles. The van der Waals surface area contributed by atoms with E-state index >= 15 is 0 Å². The first kappa shape index (κ1) is 14.6. The van der Waals surface area contributed by atoms with Gasteiger partial charge in [-0.25, -0.2) is 0 Å². The molecular weight excluding hydrogens is 477 g/mol. The first-order chi connectivity index (χ1) is 11.2. The second-order valence-corrected chi connectivity index (χ2v) is 7.21. The van der Waals surface area contributed by atoms with Gasteiger partial charge in [-0.1, -0.05) is 0 Å². The number of hydrogen-bond donors (Lipinski definition) is 0. The van der Waals surface area contributed by atoms with E-state index in [1.54, 1.807) is 0 Å². The number of hydrogen-bond acceptors (Lipinski definition) is 2. The second kappa shape index (κ2) is 5.88. The molecule has 0 aliphatic rings. The molecule has 0 bridgehead atoms. The number of aromatic nitrogens is 3. The fourth-order valence-electron chi connectivity index (χ4n) is 2.77. The molecule has 23 heavy (non-hydrogen) atoms. The van der Waals surface area contributed by atoms with E-state index in [-0.39, 0.29) is 0 Å². The van der Waals surface area contributed by atoms with Crippen molar-refractivity contribution in [2.24, 2.45) is 0 Å². The Balaban J connectivity index is 1.88. The van der Waals surface area contributed by atoms with Crippen molar-refractivity contribution in [1.29, 1.82) is 0 Å². The number of benzene rings is 2. The van der Waals surface area contributed by atoms with Crippen molar-refractivity contribution < 1.29 is 0 Å². The molecule has 109 valence electrons. The van der Waals surface area contributed by atoms with Gasteiger partial charge in [-0.05, 0) is 0 Å². The average molecular weight is 492 g/mol. The van der Waals surface area contributed by atoms with Gasteiger partial charge in [0.05, 0.1) is 0 Å². The molecule has 0 amide bonds. The number of fused-ring (bicyclic) bond motifs is 1. The summed E-state index contributed by atoms with van der Waals surface area (Å²) in [5.74, 6) is 0. The molecule has 4 aromatic rings. The number of nitrogens with zero attached hydrogens (tertiary/aromatic N) is 3. The van der Waals surface area contributed by atoms with Crippen LogP contribution in [0.3, 0.4) is 0 Å². The fourth-order valence-corrected chi connectivity index (χ4v) is 4.00. The second-order valence-electron chi connectivity index (χ2n) is 5.47. The SMILES string of the molecule is Cc1c(-c2cnc3ccccc3n2)cc(-c2ccccc2)[n]1[Pb]. The summed E-state index contributed by atoms with van der Waals surface area (Å²) in [5.41, 5.74) is 7.71. The van der Waals surface area contributed by atoms with Gasteiger partial charge in [0.15, 0.2) is 0 Å². The Morgan fingerprint density at radius 1 is 0.913 bits per heavy atom. The molecule has 0 saturated heterocycles. The Kier molecular flexibility index (Phi) is 3.73. The summed E-state index contributed by atoms with van der Waals surface area (Å²) in [6, 6.07) is 20.7. The van der Waals surface area contributed by atoms with Crippen molar-refractivity contribution in [1.82, 2.24) is 12.3 Å². The van der Waals surface area contributed by atoms with Crippen molar-refractivity contribution in [2.75, 3.05) is 0 Å². The molecule has 2 aromatic heterocycles. The van der Waals surface area contributed by atoms with Crippen LogP contribution in [0.5, 0.6) is 0 Å². The fraction of sp³-hybridized carbons (Fsp3) is 0.0526. The minimum absolute atomic E-state index is 0.933. The van der Waals surface area contributed by atoms with E-state index < -0.39 is 0 Å². The van der Waals surface area contributed by atoms with Crippen LogP contribution >= 0.6 is 0 Å². The first-order valence-electron chi connectivity index (χ1n) is 7.45. The van der Waals surface area contributed by atoms with Gasteiger partial charge in [-0.15, -0.1) is 0 Å². The quantitative estimate of drug-likeness (QED) is 0.397. The van der Waals surface area contributed by atoms with Gasteiger partial charge < -0.3 is 0 Å². The van der Waals surface area contributed by atoms with Crippen molar-refractivity contribution >= 4 is 37.1 Å². The third kappa shape index (κ3) is 2.59. The summed E-state index contributed by atoms with van der Waals surface area (Å²) in [5, 5.41) is 0. The molecule has 4 heteroatoms. The number of rotatable bonds is 2. The maximum absolute atomic E-state index is 4.79. The summed E-state index contributed by atoms with van der Waals surface area (Å²) in [6.07, 6.45) is 1.88. The van der Waals surface area contributed by atoms with Gasteiger partial charge in [-0.3, -0.25) is 0 Å². The molecule has 0 aliphatic carbocycles.